The van der Waals surface area contributed by atoms with Crippen molar-refractivity contribution in [2.45, 2.75) is 6.42 Å². The van der Waals surface area contributed by atoms with Gasteiger partial charge in [0.1, 0.15) is 0 Å². The fourth-order valence-electron chi connectivity index (χ4n) is 1.77. The smallest absolute Gasteiger partial charge is 0.0992 e. The molecule has 0 fully saturated rings. The van der Waals surface area contributed by atoms with Crippen molar-refractivity contribution in [1.82, 2.24) is 0 Å². The van der Waals surface area contributed by atoms with Gasteiger partial charge < -0.3 is 11.1 Å². The first kappa shape index (κ1) is 12.0. The lowest BCUT2D eigenvalue weighted by Gasteiger charge is -2.09. The normalized spacial score (nSPS) is 9.72. The maximum atomic E-state index is 8.84. The highest BCUT2D eigenvalue weighted by atomic mass is 14.9. The summed E-state index contributed by atoms with van der Waals surface area (Å²) in [4.78, 5) is 0. The van der Waals surface area contributed by atoms with Crippen molar-refractivity contribution in [3.63, 3.8) is 0 Å². The van der Waals surface area contributed by atoms with Crippen LogP contribution in [-0.4, -0.2) is 6.54 Å². The number of nitrogen functional groups attached to an aromatic ring is 1. The molecule has 2 aromatic carbocycles. The Morgan fingerprint density at radius 1 is 1.11 bits per heavy atom. The van der Waals surface area contributed by atoms with Gasteiger partial charge in [-0.1, -0.05) is 30.3 Å². The number of benzene rings is 2. The largest absolute Gasteiger partial charge is 0.397 e. The number of hydrogen-bond acceptors (Lipinski definition) is 3. The van der Waals surface area contributed by atoms with E-state index in [9.17, 15) is 0 Å². The Morgan fingerprint density at radius 2 is 1.89 bits per heavy atom. The average molecular weight is 237 g/mol. The molecule has 0 spiro atoms. The van der Waals surface area contributed by atoms with Crippen molar-refractivity contribution < 1.29 is 0 Å². The van der Waals surface area contributed by atoms with E-state index in [0.717, 1.165) is 18.7 Å². The zero-order valence-electron chi connectivity index (χ0n) is 10.1. The minimum atomic E-state index is 0.617. The quantitative estimate of drug-likeness (QED) is 0.804. The van der Waals surface area contributed by atoms with Crippen molar-refractivity contribution >= 4 is 11.4 Å². The maximum Gasteiger partial charge on any atom is 0.0992 e. The molecule has 0 bridgehead atoms. The Kier molecular flexibility index (Phi) is 3.83. The van der Waals surface area contributed by atoms with Crippen LogP contribution in [0.1, 0.15) is 11.1 Å². The molecular formula is C15H15N3. The van der Waals surface area contributed by atoms with Crippen LogP contribution in [-0.2, 0) is 6.42 Å². The molecule has 18 heavy (non-hydrogen) atoms. The number of nitrogens with one attached hydrogen (secondary N) is 1. The molecule has 3 heteroatoms. The molecule has 0 heterocycles. The minimum absolute atomic E-state index is 0.617. The summed E-state index contributed by atoms with van der Waals surface area (Å²) in [6.07, 6.45) is 0.928. The molecular weight excluding hydrogens is 222 g/mol. The van der Waals surface area contributed by atoms with E-state index in [1.54, 1.807) is 18.2 Å². The van der Waals surface area contributed by atoms with Crippen LogP contribution in [0.5, 0.6) is 0 Å². The van der Waals surface area contributed by atoms with Crippen molar-refractivity contribution in [2.24, 2.45) is 0 Å². The lowest BCUT2D eigenvalue weighted by atomic mass is 10.1. The number of nitrogens with two attached hydrogens (primary N) is 1. The van der Waals surface area contributed by atoms with Crippen LogP contribution in [0.3, 0.4) is 0 Å². The summed E-state index contributed by atoms with van der Waals surface area (Å²) in [7, 11) is 0. The summed E-state index contributed by atoms with van der Waals surface area (Å²) in [5.41, 5.74) is 9.24. The Hall–Kier alpha value is -2.47. The zero-order valence-corrected chi connectivity index (χ0v) is 10.1. The Morgan fingerprint density at radius 3 is 2.61 bits per heavy atom. The fourth-order valence-corrected chi connectivity index (χ4v) is 1.77. The summed E-state index contributed by atoms with van der Waals surface area (Å²) >= 11 is 0. The van der Waals surface area contributed by atoms with Crippen LogP contribution < -0.4 is 11.1 Å². The first-order chi connectivity index (χ1) is 8.79. The van der Waals surface area contributed by atoms with E-state index in [-0.39, 0.29) is 0 Å². The highest BCUT2D eigenvalue weighted by Crippen LogP contribution is 2.19. The predicted molar refractivity (Wildman–Crippen MR) is 74.2 cm³/mol. The van der Waals surface area contributed by atoms with Gasteiger partial charge in [-0.25, -0.2) is 0 Å². The van der Waals surface area contributed by atoms with Gasteiger partial charge in [-0.2, -0.15) is 5.26 Å². The summed E-state index contributed by atoms with van der Waals surface area (Å²) in [6, 6.07) is 17.6. The van der Waals surface area contributed by atoms with E-state index in [1.165, 1.54) is 5.56 Å². The molecule has 0 saturated heterocycles. The molecule has 0 saturated carbocycles. The van der Waals surface area contributed by atoms with Gasteiger partial charge in [-0.15, -0.1) is 0 Å². The van der Waals surface area contributed by atoms with Crippen molar-refractivity contribution in [2.75, 3.05) is 17.6 Å². The van der Waals surface area contributed by atoms with Gasteiger partial charge in [0.25, 0.3) is 0 Å². The van der Waals surface area contributed by atoms with Crippen molar-refractivity contribution in [3.05, 3.63) is 59.7 Å². The topological polar surface area (TPSA) is 61.8 Å². The third-order valence-electron chi connectivity index (χ3n) is 2.75. The number of rotatable bonds is 4. The van der Waals surface area contributed by atoms with Gasteiger partial charge in [-0.05, 0) is 30.2 Å². The number of nitriles is 1. The first-order valence-electron chi connectivity index (χ1n) is 5.87. The molecule has 2 aromatic rings. The second-order valence-corrected chi connectivity index (χ2v) is 4.08. The second kappa shape index (κ2) is 5.74. The third-order valence-corrected chi connectivity index (χ3v) is 2.75. The SMILES string of the molecule is N#Cc1ccc(N)c(NCCc2ccccc2)c1. The monoisotopic (exact) mass is 237 g/mol. The number of nitrogens with zero attached hydrogens (tertiary/aromatic N) is 1. The van der Waals surface area contributed by atoms with E-state index >= 15 is 0 Å². The predicted octanol–water partition coefficient (Wildman–Crippen LogP) is 2.80. The molecule has 0 atom stereocenters. The fraction of sp³-hybridized carbons (Fsp3) is 0.133. The molecule has 90 valence electrons. The van der Waals surface area contributed by atoms with Gasteiger partial charge in [0, 0.05) is 6.54 Å². The number of hydrogen-bond donors (Lipinski definition) is 2. The summed E-state index contributed by atoms with van der Waals surface area (Å²) in [5, 5.41) is 12.1. The summed E-state index contributed by atoms with van der Waals surface area (Å²) < 4.78 is 0. The summed E-state index contributed by atoms with van der Waals surface area (Å²) in [6.45, 7) is 0.795. The Bertz CT molecular complexity index is 556. The maximum absolute atomic E-state index is 8.84. The van der Waals surface area contributed by atoms with Gasteiger partial charge in [0.05, 0.1) is 23.0 Å². The first-order valence-corrected chi connectivity index (χ1v) is 5.87. The van der Waals surface area contributed by atoms with Gasteiger partial charge in [0.2, 0.25) is 0 Å². The van der Waals surface area contributed by atoms with Gasteiger partial charge in [0.15, 0.2) is 0 Å². The zero-order chi connectivity index (χ0) is 12.8. The van der Waals surface area contributed by atoms with Gasteiger partial charge >= 0.3 is 0 Å². The highest BCUT2D eigenvalue weighted by Gasteiger charge is 2.00. The van der Waals surface area contributed by atoms with Gasteiger partial charge in [-0.3, -0.25) is 0 Å². The molecule has 0 unspecified atom stereocenters. The molecule has 2 rings (SSSR count). The highest BCUT2D eigenvalue weighted by molar-refractivity contribution is 5.68. The second-order valence-electron chi connectivity index (χ2n) is 4.08. The molecule has 3 N–H and O–H groups in total. The Balaban J connectivity index is 1.96. The minimum Gasteiger partial charge on any atom is -0.397 e. The molecule has 0 aromatic heterocycles. The van der Waals surface area contributed by atoms with E-state index in [4.69, 9.17) is 11.0 Å². The summed E-state index contributed by atoms with van der Waals surface area (Å²) in [5.74, 6) is 0. The van der Waals surface area contributed by atoms with Crippen LogP contribution in [0, 0.1) is 11.3 Å². The van der Waals surface area contributed by atoms with Crippen LogP contribution in [0.2, 0.25) is 0 Å². The molecule has 0 radical (unpaired) electrons. The third kappa shape index (κ3) is 3.02. The van der Waals surface area contributed by atoms with E-state index in [1.807, 2.05) is 18.2 Å². The molecule has 0 aliphatic rings. The molecule has 0 amide bonds. The molecule has 0 aliphatic carbocycles. The number of anilines is 2. The van der Waals surface area contributed by atoms with Crippen LogP contribution in [0.15, 0.2) is 48.5 Å². The van der Waals surface area contributed by atoms with E-state index in [2.05, 4.69) is 23.5 Å². The van der Waals surface area contributed by atoms with Crippen LogP contribution in [0.25, 0.3) is 0 Å². The average Bonchev–Trinajstić information content (AvgIpc) is 2.42. The van der Waals surface area contributed by atoms with Crippen LogP contribution in [0.4, 0.5) is 11.4 Å². The Labute approximate surface area is 107 Å². The van der Waals surface area contributed by atoms with Crippen molar-refractivity contribution in [1.29, 1.82) is 5.26 Å². The lowest BCUT2D eigenvalue weighted by Crippen LogP contribution is -2.07. The van der Waals surface area contributed by atoms with E-state index in [0.29, 0.717) is 11.3 Å². The molecule has 3 nitrogen and oxygen atoms in total. The van der Waals surface area contributed by atoms with Crippen LogP contribution >= 0.6 is 0 Å². The van der Waals surface area contributed by atoms with E-state index < -0.39 is 0 Å². The molecule has 0 aliphatic heterocycles. The van der Waals surface area contributed by atoms with Crippen molar-refractivity contribution in [3.8, 4) is 6.07 Å². The lowest BCUT2D eigenvalue weighted by molar-refractivity contribution is 1.02. The standard InChI is InChI=1S/C15H15N3/c16-11-13-6-7-14(17)15(10-13)18-9-8-12-4-2-1-3-5-12/h1-7,10,18H,8-9,17H2.